The molecule has 0 atom stereocenters. The van der Waals surface area contributed by atoms with Crippen LogP contribution in [0.1, 0.15) is 27.0 Å². The summed E-state index contributed by atoms with van der Waals surface area (Å²) in [4.78, 5) is 24.5. The lowest BCUT2D eigenvalue weighted by molar-refractivity contribution is -0.119. The van der Waals surface area contributed by atoms with Crippen LogP contribution in [0.25, 0.3) is 0 Å². The number of amides is 1. The quantitative estimate of drug-likeness (QED) is 0.802. The van der Waals surface area contributed by atoms with E-state index in [0.29, 0.717) is 11.5 Å². The monoisotopic (exact) mass is 357 g/mol. The maximum atomic E-state index is 12.3. The van der Waals surface area contributed by atoms with Crippen molar-refractivity contribution in [3.05, 3.63) is 52.6 Å². The van der Waals surface area contributed by atoms with Crippen molar-refractivity contribution >= 4 is 17.6 Å². The van der Waals surface area contributed by atoms with E-state index in [1.807, 2.05) is 32.9 Å². The minimum Gasteiger partial charge on any atom is -0.497 e. The molecular formula is C20H23NO5. The van der Waals surface area contributed by atoms with E-state index < -0.39 is 18.5 Å². The van der Waals surface area contributed by atoms with Gasteiger partial charge in [0.05, 0.1) is 14.2 Å². The van der Waals surface area contributed by atoms with Gasteiger partial charge in [-0.1, -0.05) is 17.7 Å². The van der Waals surface area contributed by atoms with E-state index in [9.17, 15) is 9.59 Å². The molecule has 0 saturated carbocycles. The van der Waals surface area contributed by atoms with Crippen LogP contribution in [-0.4, -0.2) is 32.7 Å². The van der Waals surface area contributed by atoms with E-state index in [0.717, 1.165) is 22.4 Å². The molecule has 0 spiro atoms. The molecule has 0 bridgehead atoms. The molecule has 1 N–H and O–H groups in total. The zero-order valence-corrected chi connectivity index (χ0v) is 15.6. The first-order valence-electron chi connectivity index (χ1n) is 8.12. The highest BCUT2D eigenvalue weighted by molar-refractivity contribution is 5.97. The Hall–Kier alpha value is -3.02. The molecule has 0 fully saturated rings. The van der Waals surface area contributed by atoms with E-state index in [1.54, 1.807) is 12.1 Å². The molecular weight excluding hydrogens is 334 g/mol. The fraction of sp³-hybridized carbons (Fsp3) is 0.300. The van der Waals surface area contributed by atoms with Crippen molar-refractivity contribution in [1.29, 1.82) is 0 Å². The zero-order valence-electron chi connectivity index (χ0n) is 15.6. The Morgan fingerprint density at radius 2 is 1.62 bits per heavy atom. The van der Waals surface area contributed by atoms with Crippen LogP contribution in [0.2, 0.25) is 0 Å². The number of esters is 1. The molecule has 2 aromatic carbocycles. The molecule has 6 nitrogen and oxygen atoms in total. The summed E-state index contributed by atoms with van der Waals surface area (Å²) >= 11 is 0. The summed E-state index contributed by atoms with van der Waals surface area (Å²) in [6.45, 7) is 5.44. The Balaban J connectivity index is 2.05. The van der Waals surface area contributed by atoms with Crippen LogP contribution >= 0.6 is 0 Å². The first-order chi connectivity index (χ1) is 12.3. The third kappa shape index (κ3) is 4.53. The Kier molecular flexibility index (Phi) is 6.22. The molecule has 2 rings (SSSR count). The van der Waals surface area contributed by atoms with Crippen LogP contribution in [0, 0.1) is 20.8 Å². The number of nitrogens with one attached hydrogen (secondary N) is 1. The molecule has 138 valence electrons. The highest BCUT2D eigenvalue weighted by Gasteiger charge is 2.17. The van der Waals surface area contributed by atoms with Gasteiger partial charge in [0.15, 0.2) is 6.61 Å². The zero-order chi connectivity index (χ0) is 19.3. The van der Waals surface area contributed by atoms with Crippen molar-refractivity contribution in [2.75, 3.05) is 26.1 Å². The summed E-state index contributed by atoms with van der Waals surface area (Å²) in [7, 11) is 2.95. The molecule has 0 saturated heterocycles. The van der Waals surface area contributed by atoms with Gasteiger partial charge in [0, 0.05) is 5.69 Å². The molecule has 0 unspecified atom stereocenters. The largest absolute Gasteiger partial charge is 0.497 e. The van der Waals surface area contributed by atoms with Crippen LogP contribution in [0.15, 0.2) is 30.3 Å². The molecule has 1 amide bonds. The van der Waals surface area contributed by atoms with Crippen LogP contribution in [0.3, 0.4) is 0 Å². The molecule has 26 heavy (non-hydrogen) atoms. The van der Waals surface area contributed by atoms with Gasteiger partial charge in [-0.15, -0.1) is 0 Å². The van der Waals surface area contributed by atoms with E-state index in [1.165, 1.54) is 20.3 Å². The minimum absolute atomic E-state index is 0.197. The van der Waals surface area contributed by atoms with Crippen LogP contribution < -0.4 is 14.8 Å². The molecule has 0 aliphatic heterocycles. The molecule has 0 radical (unpaired) electrons. The molecule has 0 heterocycles. The van der Waals surface area contributed by atoms with Gasteiger partial charge in [-0.2, -0.15) is 0 Å². The lowest BCUT2D eigenvalue weighted by atomic mass is 10.1. The Bertz CT molecular complexity index is 806. The van der Waals surface area contributed by atoms with Crippen molar-refractivity contribution in [3.8, 4) is 11.5 Å². The maximum Gasteiger partial charge on any atom is 0.342 e. The van der Waals surface area contributed by atoms with Gasteiger partial charge < -0.3 is 19.5 Å². The molecule has 6 heteroatoms. The van der Waals surface area contributed by atoms with Gasteiger partial charge in [0.2, 0.25) is 0 Å². The average Bonchev–Trinajstić information content (AvgIpc) is 2.62. The molecule has 0 aliphatic rings. The van der Waals surface area contributed by atoms with Crippen molar-refractivity contribution < 1.29 is 23.8 Å². The van der Waals surface area contributed by atoms with Gasteiger partial charge in [0.1, 0.15) is 17.1 Å². The predicted octanol–water partition coefficient (Wildman–Crippen LogP) is 3.42. The van der Waals surface area contributed by atoms with Crippen molar-refractivity contribution in [2.45, 2.75) is 20.8 Å². The van der Waals surface area contributed by atoms with Gasteiger partial charge in [-0.05, 0) is 50.1 Å². The van der Waals surface area contributed by atoms with Crippen LogP contribution in [0.5, 0.6) is 11.5 Å². The minimum atomic E-state index is -0.659. The van der Waals surface area contributed by atoms with Crippen molar-refractivity contribution in [3.63, 3.8) is 0 Å². The number of anilines is 1. The number of benzene rings is 2. The summed E-state index contributed by atoms with van der Waals surface area (Å²) in [5.74, 6) is -0.224. The van der Waals surface area contributed by atoms with E-state index >= 15 is 0 Å². The molecule has 0 aromatic heterocycles. The fourth-order valence-corrected chi connectivity index (χ4v) is 2.74. The summed E-state index contributed by atoms with van der Waals surface area (Å²) < 4.78 is 15.4. The summed E-state index contributed by atoms with van der Waals surface area (Å²) in [5, 5.41) is 2.79. The van der Waals surface area contributed by atoms with E-state index in [-0.39, 0.29) is 5.56 Å². The highest BCUT2D eigenvalue weighted by atomic mass is 16.5. The van der Waals surface area contributed by atoms with E-state index in [4.69, 9.17) is 14.2 Å². The number of carbonyl (C=O) groups excluding carboxylic acids is 2. The Labute approximate surface area is 153 Å². The second-order valence-electron chi connectivity index (χ2n) is 5.96. The number of aryl methyl sites for hydroxylation is 3. The number of rotatable bonds is 6. The summed E-state index contributed by atoms with van der Waals surface area (Å²) in [5.41, 5.74) is 3.96. The average molecular weight is 357 g/mol. The standard InChI is InChI=1S/C20H23NO5/c1-12-8-13(2)19(14(3)9-12)21-18(22)11-26-20(23)16-10-15(24-4)6-7-17(16)25-5/h6-10H,11H2,1-5H3,(H,21,22). The lowest BCUT2D eigenvalue weighted by Crippen LogP contribution is -2.22. The number of carbonyl (C=O) groups is 2. The van der Waals surface area contributed by atoms with Crippen LogP contribution in [-0.2, 0) is 9.53 Å². The smallest absolute Gasteiger partial charge is 0.342 e. The SMILES string of the molecule is COc1ccc(OC)c(C(=O)OCC(=O)Nc2c(C)cc(C)cc2C)c1. The third-order valence-corrected chi connectivity index (χ3v) is 3.90. The number of methoxy groups -OCH3 is 2. The molecule has 2 aromatic rings. The second kappa shape index (κ2) is 8.38. The Morgan fingerprint density at radius 3 is 2.19 bits per heavy atom. The second-order valence-corrected chi connectivity index (χ2v) is 5.96. The van der Waals surface area contributed by atoms with Gasteiger partial charge in [-0.3, -0.25) is 4.79 Å². The number of hydrogen-bond acceptors (Lipinski definition) is 5. The predicted molar refractivity (Wildman–Crippen MR) is 99.1 cm³/mol. The number of ether oxygens (including phenoxy) is 3. The first kappa shape index (κ1) is 19.3. The van der Waals surface area contributed by atoms with E-state index in [2.05, 4.69) is 5.32 Å². The van der Waals surface area contributed by atoms with Gasteiger partial charge in [0.25, 0.3) is 5.91 Å². The van der Waals surface area contributed by atoms with Crippen molar-refractivity contribution in [1.82, 2.24) is 0 Å². The lowest BCUT2D eigenvalue weighted by Gasteiger charge is -2.13. The first-order valence-corrected chi connectivity index (χ1v) is 8.12. The molecule has 0 aliphatic carbocycles. The summed E-state index contributed by atoms with van der Waals surface area (Å²) in [6.07, 6.45) is 0. The third-order valence-electron chi connectivity index (χ3n) is 3.90. The van der Waals surface area contributed by atoms with Crippen molar-refractivity contribution in [2.24, 2.45) is 0 Å². The maximum absolute atomic E-state index is 12.3. The highest BCUT2D eigenvalue weighted by Crippen LogP contribution is 2.25. The van der Waals surface area contributed by atoms with Gasteiger partial charge in [-0.25, -0.2) is 4.79 Å². The topological polar surface area (TPSA) is 73.9 Å². The summed E-state index contributed by atoms with van der Waals surface area (Å²) in [6, 6.07) is 8.75. The van der Waals surface area contributed by atoms with Gasteiger partial charge >= 0.3 is 5.97 Å². The number of hydrogen-bond donors (Lipinski definition) is 1. The Morgan fingerprint density at radius 1 is 0.962 bits per heavy atom. The van der Waals surface area contributed by atoms with Crippen LogP contribution in [0.4, 0.5) is 5.69 Å². The fourth-order valence-electron chi connectivity index (χ4n) is 2.74. The normalized spacial score (nSPS) is 10.2.